The summed E-state index contributed by atoms with van der Waals surface area (Å²) >= 11 is 4.91. The lowest BCUT2D eigenvalue weighted by Crippen LogP contribution is -1.85. The maximum absolute atomic E-state index is 11.5. The Bertz CT molecular complexity index is 559. The van der Waals surface area contributed by atoms with E-state index in [2.05, 4.69) is 20.9 Å². The van der Waals surface area contributed by atoms with Gasteiger partial charge in [0, 0.05) is 16.5 Å². The van der Waals surface area contributed by atoms with Crippen molar-refractivity contribution in [3.05, 3.63) is 39.3 Å². The molecule has 0 spiro atoms. The van der Waals surface area contributed by atoms with E-state index in [1.165, 1.54) is 11.3 Å². The first-order chi connectivity index (χ1) is 7.74. The third-order valence-electron chi connectivity index (χ3n) is 2.63. The summed E-state index contributed by atoms with van der Waals surface area (Å²) in [7, 11) is 0. The first kappa shape index (κ1) is 10.2. The van der Waals surface area contributed by atoms with Gasteiger partial charge in [0.05, 0.1) is 10.6 Å². The lowest BCUT2D eigenvalue weighted by molar-refractivity contribution is 0.0998. The van der Waals surface area contributed by atoms with E-state index in [1.54, 1.807) is 0 Å². The second kappa shape index (κ2) is 3.79. The Kier molecular flexibility index (Phi) is 2.41. The van der Waals surface area contributed by atoms with Crippen LogP contribution in [-0.4, -0.2) is 10.8 Å². The van der Waals surface area contributed by atoms with Gasteiger partial charge in [0.25, 0.3) is 0 Å². The van der Waals surface area contributed by atoms with Gasteiger partial charge >= 0.3 is 0 Å². The Labute approximate surface area is 105 Å². The van der Waals surface area contributed by atoms with Crippen LogP contribution in [0.4, 0.5) is 0 Å². The zero-order valence-corrected chi connectivity index (χ0v) is 10.8. The molecular formula is C12H8BrNOS. The molecule has 4 heteroatoms. The maximum atomic E-state index is 11.5. The van der Waals surface area contributed by atoms with Crippen molar-refractivity contribution in [1.82, 2.24) is 4.98 Å². The number of halogens is 1. The minimum atomic E-state index is 0.246. The quantitative estimate of drug-likeness (QED) is 0.802. The normalized spacial score (nSPS) is 14.2. The fraction of sp³-hybridized carbons (Fsp3) is 0.167. The van der Waals surface area contributed by atoms with Crippen molar-refractivity contribution in [3.63, 3.8) is 0 Å². The molecule has 0 N–H and O–H groups in total. The van der Waals surface area contributed by atoms with Gasteiger partial charge in [0.15, 0.2) is 5.78 Å². The predicted octanol–water partition coefficient (Wildman–Crippen LogP) is 3.70. The summed E-state index contributed by atoms with van der Waals surface area (Å²) in [5.41, 5.74) is 2.06. The van der Waals surface area contributed by atoms with E-state index in [1.807, 2.05) is 24.3 Å². The molecule has 0 saturated heterocycles. The van der Waals surface area contributed by atoms with E-state index >= 15 is 0 Å². The molecule has 0 saturated carbocycles. The summed E-state index contributed by atoms with van der Waals surface area (Å²) in [5.74, 6) is 0.246. The molecule has 0 atom stereocenters. The summed E-state index contributed by atoms with van der Waals surface area (Å²) in [5, 5.41) is 0.950. The number of aromatic nitrogens is 1. The molecule has 16 heavy (non-hydrogen) atoms. The van der Waals surface area contributed by atoms with Crippen LogP contribution in [0.3, 0.4) is 0 Å². The summed E-state index contributed by atoms with van der Waals surface area (Å²) in [6, 6.07) is 8.01. The highest BCUT2D eigenvalue weighted by Crippen LogP contribution is 2.33. The average Bonchev–Trinajstić information content (AvgIpc) is 2.83. The molecule has 0 radical (unpaired) electrons. The number of rotatable bonds is 1. The molecule has 1 aromatic heterocycles. The van der Waals surface area contributed by atoms with Crippen LogP contribution in [0.5, 0.6) is 0 Å². The van der Waals surface area contributed by atoms with E-state index in [4.69, 9.17) is 0 Å². The monoisotopic (exact) mass is 293 g/mol. The third-order valence-corrected chi connectivity index (χ3v) is 4.35. The van der Waals surface area contributed by atoms with Gasteiger partial charge in [-0.3, -0.25) is 4.79 Å². The van der Waals surface area contributed by atoms with Crippen LogP contribution in [0.15, 0.2) is 28.7 Å². The standard InChI is InChI=1S/C12H8BrNOS/c13-8-3-1-7(2-4-8)12-14-9-5-6-10(15)11(9)16-12/h1-4H,5-6H2. The molecule has 2 aromatic rings. The number of hydrogen-bond donors (Lipinski definition) is 0. The van der Waals surface area contributed by atoms with Gasteiger partial charge in [0.1, 0.15) is 5.01 Å². The lowest BCUT2D eigenvalue weighted by Gasteiger charge is -1.96. The second-order valence-corrected chi connectivity index (χ2v) is 5.64. The predicted molar refractivity (Wildman–Crippen MR) is 67.9 cm³/mol. The van der Waals surface area contributed by atoms with Gasteiger partial charge in [-0.05, 0) is 18.6 Å². The van der Waals surface area contributed by atoms with E-state index in [9.17, 15) is 4.79 Å². The highest BCUT2D eigenvalue weighted by molar-refractivity contribution is 9.10. The SMILES string of the molecule is O=C1CCc2nc(-c3ccc(Br)cc3)sc21. The minimum Gasteiger partial charge on any atom is -0.293 e. The molecule has 80 valence electrons. The molecule has 2 nitrogen and oxygen atoms in total. The number of thiazole rings is 1. The van der Waals surface area contributed by atoms with Crippen molar-refractivity contribution in [2.75, 3.05) is 0 Å². The van der Waals surface area contributed by atoms with Crippen molar-refractivity contribution in [1.29, 1.82) is 0 Å². The molecule has 1 heterocycles. The van der Waals surface area contributed by atoms with Crippen molar-refractivity contribution in [2.45, 2.75) is 12.8 Å². The Morgan fingerprint density at radius 1 is 1.19 bits per heavy atom. The first-order valence-corrected chi connectivity index (χ1v) is 6.64. The number of carbonyl (C=O) groups is 1. The van der Waals surface area contributed by atoms with Gasteiger partial charge in [-0.1, -0.05) is 28.1 Å². The molecule has 1 aliphatic carbocycles. The summed E-state index contributed by atoms with van der Waals surface area (Å²) in [6.45, 7) is 0. The molecule has 0 aliphatic heterocycles. The van der Waals surface area contributed by atoms with Crippen LogP contribution >= 0.6 is 27.3 Å². The van der Waals surface area contributed by atoms with E-state index in [-0.39, 0.29) is 5.78 Å². The summed E-state index contributed by atoms with van der Waals surface area (Å²) in [4.78, 5) is 16.9. The maximum Gasteiger partial charge on any atom is 0.175 e. The largest absolute Gasteiger partial charge is 0.293 e. The highest BCUT2D eigenvalue weighted by atomic mass is 79.9. The highest BCUT2D eigenvalue weighted by Gasteiger charge is 2.24. The van der Waals surface area contributed by atoms with Gasteiger partial charge in [-0.25, -0.2) is 4.98 Å². The van der Waals surface area contributed by atoms with Crippen molar-refractivity contribution in [3.8, 4) is 10.6 Å². The van der Waals surface area contributed by atoms with Crippen molar-refractivity contribution in [2.24, 2.45) is 0 Å². The topological polar surface area (TPSA) is 30.0 Å². The lowest BCUT2D eigenvalue weighted by atomic mass is 10.2. The second-order valence-electron chi connectivity index (χ2n) is 3.72. The molecule has 1 aromatic carbocycles. The molecule has 0 amide bonds. The van der Waals surface area contributed by atoms with Crippen LogP contribution in [0.2, 0.25) is 0 Å². The summed E-state index contributed by atoms with van der Waals surface area (Å²) < 4.78 is 1.05. The Balaban J connectivity index is 2.05. The average molecular weight is 294 g/mol. The van der Waals surface area contributed by atoms with E-state index < -0.39 is 0 Å². The Morgan fingerprint density at radius 2 is 1.94 bits per heavy atom. The van der Waals surface area contributed by atoms with Crippen LogP contribution in [0.1, 0.15) is 21.8 Å². The molecular weight excluding hydrogens is 286 g/mol. The number of carbonyl (C=O) groups excluding carboxylic acids is 1. The molecule has 0 fully saturated rings. The van der Waals surface area contributed by atoms with Crippen LogP contribution in [0, 0.1) is 0 Å². The Morgan fingerprint density at radius 3 is 2.62 bits per heavy atom. The van der Waals surface area contributed by atoms with Gasteiger partial charge in [0.2, 0.25) is 0 Å². The third kappa shape index (κ3) is 1.62. The van der Waals surface area contributed by atoms with Crippen molar-refractivity contribution < 1.29 is 4.79 Å². The fourth-order valence-corrected chi connectivity index (χ4v) is 3.15. The number of aryl methyl sites for hydroxylation is 1. The van der Waals surface area contributed by atoms with E-state index in [0.29, 0.717) is 6.42 Å². The zero-order valence-electron chi connectivity index (χ0n) is 8.37. The van der Waals surface area contributed by atoms with Crippen LogP contribution in [-0.2, 0) is 6.42 Å². The number of nitrogens with zero attached hydrogens (tertiary/aromatic N) is 1. The fourth-order valence-electron chi connectivity index (χ4n) is 1.80. The number of fused-ring (bicyclic) bond motifs is 1. The molecule has 3 rings (SSSR count). The molecule has 1 aliphatic rings. The summed E-state index contributed by atoms with van der Waals surface area (Å²) in [6.07, 6.45) is 1.44. The smallest absolute Gasteiger partial charge is 0.175 e. The molecule has 0 unspecified atom stereocenters. The molecule has 0 bridgehead atoms. The van der Waals surface area contributed by atoms with Gasteiger partial charge < -0.3 is 0 Å². The van der Waals surface area contributed by atoms with E-state index in [0.717, 1.165) is 32.0 Å². The van der Waals surface area contributed by atoms with Crippen molar-refractivity contribution >= 4 is 33.0 Å². The number of Topliss-reactive ketones (excluding diaryl/α,β-unsaturated/α-hetero) is 1. The number of hydrogen-bond acceptors (Lipinski definition) is 3. The first-order valence-electron chi connectivity index (χ1n) is 5.03. The van der Waals surface area contributed by atoms with Crippen LogP contribution < -0.4 is 0 Å². The van der Waals surface area contributed by atoms with Gasteiger partial charge in [-0.15, -0.1) is 11.3 Å². The number of ketones is 1. The Hall–Kier alpha value is -1.00. The van der Waals surface area contributed by atoms with Gasteiger partial charge in [-0.2, -0.15) is 0 Å². The zero-order chi connectivity index (χ0) is 11.1. The van der Waals surface area contributed by atoms with Crippen LogP contribution in [0.25, 0.3) is 10.6 Å². The number of benzene rings is 1. The minimum absolute atomic E-state index is 0.246.